The zero-order chi connectivity index (χ0) is 15.3. The summed E-state index contributed by atoms with van der Waals surface area (Å²) >= 11 is 0. The van der Waals surface area contributed by atoms with Gasteiger partial charge < -0.3 is 4.74 Å². The molecule has 1 rings (SSSR count). The van der Waals surface area contributed by atoms with Crippen molar-refractivity contribution >= 4 is 21.9 Å². The van der Waals surface area contributed by atoms with Crippen molar-refractivity contribution in [3.8, 4) is 0 Å². The summed E-state index contributed by atoms with van der Waals surface area (Å²) in [5.41, 5.74) is 2.59. The van der Waals surface area contributed by atoms with Crippen LogP contribution in [0.4, 0.5) is 5.69 Å². The molecule has 0 saturated heterocycles. The second kappa shape index (κ2) is 6.71. The number of methoxy groups -OCH3 is 1. The van der Waals surface area contributed by atoms with Crippen LogP contribution in [0, 0.1) is 13.8 Å². The summed E-state index contributed by atoms with van der Waals surface area (Å²) in [4.78, 5) is 11.0. The van der Waals surface area contributed by atoms with Crippen LogP contribution in [0.15, 0.2) is 18.2 Å². The van der Waals surface area contributed by atoms with Gasteiger partial charge in [0.2, 0.25) is 0 Å². The molecular formula is C13H20N2O4S. The van der Waals surface area contributed by atoms with Crippen LogP contribution in [0.3, 0.4) is 0 Å². The van der Waals surface area contributed by atoms with E-state index in [0.29, 0.717) is 5.69 Å². The third-order valence-corrected chi connectivity index (χ3v) is 4.52. The Bertz CT molecular complexity index is 584. The molecule has 0 unspecified atom stereocenters. The number of nitrogens with one attached hydrogen (secondary N) is 1. The van der Waals surface area contributed by atoms with E-state index >= 15 is 0 Å². The predicted octanol–water partition coefficient (Wildman–Crippen LogP) is 1.46. The second-order valence-corrected chi connectivity index (χ2v) is 6.33. The van der Waals surface area contributed by atoms with Crippen molar-refractivity contribution < 1.29 is 17.9 Å². The lowest BCUT2D eigenvalue weighted by Crippen LogP contribution is -2.34. The van der Waals surface area contributed by atoms with Crippen molar-refractivity contribution in [3.63, 3.8) is 0 Å². The standard InChI is InChI=1S/C13H20N2O4S/c1-10-5-6-12(9-11(10)2)14-20(17,18)15(3)8-7-13(16)19-4/h5-6,9,14H,7-8H2,1-4H3. The van der Waals surface area contributed by atoms with Crippen LogP contribution < -0.4 is 4.72 Å². The number of carbonyl (C=O) groups excluding carboxylic acids is 1. The fourth-order valence-corrected chi connectivity index (χ4v) is 2.42. The van der Waals surface area contributed by atoms with Gasteiger partial charge in [-0.05, 0) is 37.1 Å². The van der Waals surface area contributed by atoms with Crippen molar-refractivity contribution in [1.29, 1.82) is 0 Å². The molecule has 0 aliphatic rings. The average molecular weight is 300 g/mol. The fourth-order valence-electron chi connectivity index (χ4n) is 1.50. The summed E-state index contributed by atoms with van der Waals surface area (Å²) < 4.78 is 32.2. The maximum absolute atomic E-state index is 12.1. The fraction of sp³-hybridized carbons (Fsp3) is 0.462. The van der Waals surface area contributed by atoms with E-state index in [-0.39, 0.29) is 13.0 Å². The number of esters is 1. The number of rotatable bonds is 6. The molecule has 0 atom stereocenters. The molecule has 1 aromatic rings. The first-order chi connectivity index (χ1) is 9.26. The van der Waals surface area contributed by atoms with E-state index < -0.39 is 16.2 Å². The summed E-state index contributed by atoms with van der Waals surface area (Å²) in [5, 5.41) is 0. The van der Waals surface area contributed by atoms with Gasteiger partial charge >= 0.3 is 16.2 Å². The number of aryl methyl sites for hydroxylation is 2. The Labute approximate surface area is 119 Å². The highest BCUT2D eigenvalue weighted by molar-refractivity contribution is 7.90. The molecule has 1 aromatic carbocycles. The maximum Gasteiger partial charge on any atom is 0.306 e. The number of anilines is 1. The Morgan fingerprint density at radius 1 is 1.30 bits per heavy atom. The highest BCUT2D eigenvalue weighted by Crippen LogP contribution is 2.16. The molecule has 0 spiro atoms. The molecule has 0 saturated carbocycles. The van der Waals surface area contributed by atoms with Gasteiger partial charge in [0.25, 0.3) is 0 Å². The lowest BCUT2D eigenvalue weighted by molar-refractivity contribution is -0.140. The number of hydrogen-bond acceptors (Lipinski definition) is 4. The quantitative estimate of drug-likeness (QED) is 0.807. The zero-order valence-corrected chi connectivity index (χ0v) is 13.0. The molecule has 6 nitrogen and oxygen atoms in total. The molecule has 0 aliphatic heterocycles. The highest BCUT2D eigenvalue weighted by Gasteiger charge is 2.18. The lowest BCUT2D eigenvalue weighted by atomic mass is 10.1. The van der Waals surface area contributed by atoms with Gasteiger partial charge in [-0.3, -0.25) is 9.52 Å². The minimum Gasteiger partial charge on any atom is -0.469 e. The number of ether oxygens (including phenoxy) is 1. The molecule has 0 bridgehead atoms. The lowest BCUT2D eigenvalue weighted by Gasteiger charge is -2.18. The van der Waals surface area contributed by atoms with Gasteiger partial charge in [0, 0.05) is 13.6 Å². The monoisotopic (exact) mass is 300 g/mol. The minimum absolute atomic E-state index is 0.0147. The summed E-state index contributed by atoms with van der Waals surface area (Å²) in [6, 6.07) is 5.32. The molecule has 7 heteroatoms. The molecule has 112 valence electrons. The molecule has 0 amide bonds. The summed E-state index contributed by atoms with van der Waals surface area (Å²) in [6.07, 6.45) is 0.0147. The summed E-state index contributed by atoms with van der Waals surface area (Å²) in [5.74, 6) is -0.446. The Kier molecular flexibility index (Phi) is 5.52. The topological polar surface area (TPSA) is 75.7 Å². The van der Waals surface area contributed by atoms with Crippen LogP contribution in [-0.2, 0) is 19.7 Å². The molecular weight excluding hydrogens is 280 g/mol. The normalized spacial score (nSPS) is 11.4. The van der Waals surface area contributed by atoms with Gasteiger partial charge in [-0.2, -0.15) is 12.7 Å². The number of nitrogens with zero attached hydrogens (tertiary/aromatic N) is 1. The van der Waals surface area contributed by atoms with Crippen molar-refractivity contribution in [2.45, 2.75) is 20.3 Å². The van der Waals surface area contributed by atoms with E-state index in [1.165, 1.54) is 14.2 Å². The second-order valence-electron chi connectivity index (χ2n) is 4.55. The van der Waals surface area contributed by atoms with Crippen LogP contribution in [0.2, 0.25) is 0 Å². The van der Waals surface area contributed by atoms with Gasteiger partial charge in [-0.15, -0.1) is 0 Å². The van der Waals surface area contributed by atoms with Gasteiger partial charge in [0.15, 0.2) is 0 Å². The van der Waals surface area contributed by atoms with Crippen molar-refractivity contribution in [3.05, 3.63) is 29.3 Å². The van der Waals surface area contributed by atoms with Gasteiger partial charge in [-0.1, -0.05) is 6.07 Å². The van der Waals surface area contributed by atoms with Gasteiger partial charge in [-0.25, -0.2) is 0 Å². The predicted molar refractivity (Wildman–Crippen MR) is 77.7 cm³/mol. The first-order valence-corrected chi connectivity index (χ1v) is 7.58. The van der Waals surface area contributed by atoms with Crippen molar-refractivity contribution in [2.24, 2.45) is 0 Å². The van der Waals surface area contributed by atoms with Crippen molar-refractivity contribution in [1.82, 2.24) is 4.31 Å². The van der Waals surface area contributed by atoms with Crippen LogP contribution >= 0.6 is 0 Å². The largest absolute Gasteiger partial charge is 0.469 e. The van der Waals surface area contributed by atoms with Crippen molar-refractivity contribution in [2.75, 3.05) is 25.4 Å². The zero-order valence-electron chi connectivity index (χ0n) is 12.1. The van der Waals surface area contributed by atoms with E-state index in [0.717, 1.165) is 15.4 Å². The highest BCUT2D eigenvalue weighted by atomic mass is 32.2. The number of hydrogen-bond donors (Lipinski definition) is 1. The smallest absolute Gasteiger partial charge is 0.306 e. The third kappa shape index (κ3) is 4.50. The van der Waals surface area contributed by atoms with E-state index in [1.54, 1.807) is 12.1 Å². The molecule has 0 radical (unpaired) electrons. The Hall–Kier alpha value is -1.60. The Morgan fingerprint density at radius 3 is 2.50 bits per heavy atom. The summed E-state index contributed by atoms with van der Waals surface area (Å²) in [7, 11) is -0.994. The molecule has 1 N–H and O–H groups in total. The SMILES string of the molecule is COC(=O)CCN(C)S(=O)(=O)Nc1ccc(C)c(C)c1. The first kappa shape index (κ1) is 16.5. The van der Waals surface area contributed by atoms with E-state index in [1.807, 2.05) is 19.9 Å². The maximum atomic E-state index is 12.1. The Balaban J connectivity index is 2.73. The minimum atomic E-state index is -3.67. The van der Waals surface area contributed by atoms with E-state index in [4.69, 9.17) is 0 Å². The number of carbonyl (C=O) groups is 1. The molecule has 0 aromatic heterocycles. The summed E-state index contributed by atoms with van der Waals surface area (Å²) in [6.45, 7) is 3.93. The van der Waals surface area contributed by atoms with Gasteiger partial charge in [0.1, 0.15) is 0 Å². The average Bonchev–Trinajstić information content (AvgIpc) is 2.39. The van der Waals surface area contributed by atoms with Crippen LogP contribution in [-0.4, -0.2) is 39.4 Å². The van der Waals surface area contributed by atoms with Crippen LogP contribution in [0.5, 0.6) is 0 Å². The molecule has 20 heavy (non-hydrogen) atoms. The van der Waals surface area contributed by atoms with Gasteiger partial charge in [0.05, 0.1) is 19.2 Å². The van der Waals surface area contributed by atoms with Crippen LogP contribution in [0.25, 0.3) is 0 Å². The van der Waals surface area contributed by atoms with Crippen LogP contribution in [0.1, 0.15) is 17.5 Å². The third-order valence-electron chi connectivity index (χ3n) is 3.02. The molecule has 0 fully saturated rings. The molecule has 0 heterocycles. The number of benzene rings is 1. The van der Waals surface area contributed by atoms with E-state index in [9.17, 15) is 13.2 Å². The first-order valence-electron chi connectivity index (χ1n) is 6.14. The molecule has 0 aliphatic carbocycles. The van der Waals surface area contributed by atoms with E-state index in [2.05, 4.69) is 9.46 Å². The Morgan fingerprint density at radius 2 is 1.95 bits per heavy atom.